The van der Waals surface area contributed by atoms with Crippen molar-refractivity contribution >= 4 is 11.0 Å². The number of hydrogen-bond acceptors (Lipinski definition) is 2. The molecule has 68 valence electrons. The lowest BCUT2D eigenvalue weighted by atomic mass is 10.3. The van der Waals surface area contributed by atoms with Crippen molar-refractivity contribution in [1.82, 2.24) is 15.0 Å². The first-order chi connectivity index (χ1) is 6.42. The number of aryl methyl sites for hydroxylation is 1. The zero-order valence-electron chi connectivity index (χ0n) is 7.15. The van der Waals surface area contributed by atoms with Crippen molar-refractivity contribution in [2.45, 2.75) is 13.0 Å². The smallest absolute Gasteiger partial charge is 0.113 e. The Balaban J connectivity index is 2.35. The van der Waals surface area contributed by atoms with Crippen LogP contribution >= 0.6 is 0 Å². The van der Waals surface area contributed by atoms with Crippen LogP contribution in [0.2, 0.25) is 0 Å². The van der Waals surface area contributed by atoms with E-state index in [1.165, 1.54) is 0 Å². The Morgan fingerprint density at radius 1 is 1.31 bits per heavy atom. The molecule has 3 nitrogen and oxygen atoms in total. The van der Waals surface area contributed by atoms with Gasteiger partial charge >= 0.3 is 0 Å². The molecule has 0 N–H and O–H groups in total. The third-order valence-corrected chi connectivity index (χ3v) is 1.92. The Morgan fingerprint density at radius 3 is 3.00 bits per heavy atom. The van der Waals surface area contributed by atoms with Gasteiger partial charge in [0, 0.05) is 6.54 Å². The molecule has 0 amide bonds. The van der Waals surface area contributed by atoms with Crippen molar-refractivity contribution in [2.24, 2.45) is 0 Å². The number of benzene rings is 1. The van der Waals surface area contributed by atoms with E-state index in [2.05, 4.69) is 10.3 Å². The zero-order valence-corrected chi connectivity index (χ0v) is 7.15. The van der Waals surface area contributed by atoms with Gasteiger partial charge in [0.2, 0.25) is 0 Å². The minimum atomic E-state index is -0.311. The summed E-state index contributed by atoms with van der Waals surface area (Å²) in [5.74, 6) is 0. The van der Waals surface area contributed by atoms with Crippen molar-refractivity contribution < 1.29 is 4.39 Å². The number of alkyl halides is 1. The molecular formula is C9H10FN3. The highest BCUT2D eigenvalue weighted by Gasteiger charge is 2.01. The monoisotopic (exact) mass is 179 g/mol. The highest BCUT2D eigenvalue weighted by atomic mass is 19.1. The molecule has 0 fully saturated rings. The predicted octanol–water partition coefficient (Wildman–Crippen LogP) is 1.79. The van der Waals surface area contributed by atoms with Crippen molar-refractivity contribution in [3.63, 3.8) is 0 Å². The summed E-state index contributed by atoms with van der Waals surface area (Å²) in [5, 5.41) is 7.89. The van der Waals surface area contributed by atoms with Gasteiger partial charge in [0.25, 0.3) is 0 Å². The molecule has 0 atom stereocenters. The molecule has 2 rings (SSSR count). The Hall–Kier alpha value is -1.45. The van der Waals surface area contributed by atoms with E-state index in [0.717, 1.165) is 11.0 Å². The van der Waals surface area contributed by atoms with Crippen LogP contribution in [0, 0.1) is 0 Å². The van der Waals surface area contributed by atoms with Gasteiger partial charge in [-0.25, -0.2) is 4.68 Å². The maximum Gasteiger partial charge on any atom is 0.113 e. The number of fused-ring (bicyclic) bond motifs is 1. The van der Waals surface area contributed by atoms with Gasteiger partial charge in [-0.2, -0.15) is 0 Å². The lowest BCUT2D eigenvalue weighted by molar-refractivity contribution is 0.435. The largest absolute Gasteiger partial charge is 0.251 e. The first-order valence-corrected chi connectivity index (χ1v) is 4.26. The van der Waals surface area contributed by atoms with E-state index in [-0.39, 0.29) is 6.67 Å². The normalized spacial score (nSPS) is 10.8. The van der Waals surface area contributed by atoms with Gasteiger partial charge in [-0.3, -0.25) is 4.39 Å². The molecule has 0 saturated heterocycles. The first-order valence-electron chi connectivity index (χ1n) is 4.26. The highest BCUT2D eigenvalue weighted by Crippen LogP contribution is 2.09. The Morgan fingerprint density at radius 2 is 2.15 bits per heavy atom. The van der Waals surface area contributed by atoms with E-state index in [9.17, 15) is 4.39 Å². The summed E-state index contributed by atoms with van der Waals surface area (Å²) in [7, 11) is 0. The fraction of sp³-hybridized carbons (Fsp3) is 0.333. The molecule has 2 aromatic rings. The summed E-state index contributed by atoms with van der Waals surface area (Å²) in [6.07, 6.45) is 0.493. The van der Waals surface area contributed by atoms with Crippen LogP contribution in [0.4, 0.5) is 4.39 Å². The Bertz CT molecular complexity index is 396. The molecule has 1 aromatic carbocycles. The number of para-hydroxylation sites is 1. The average Bonchev–Trinajstić information content (AvgIpc) is 2.58. The van der Waals surface area contributed by atoms with Crippen LogP contribution in [0.3, 0.4) is 0 Å². The van der Waals surface area contributed by atoms with E-state index in [1.54, 1.807) is 4.68 Å². The molecule has 0 bridgehead atoms. The topological polar surface area (TPSA) is 30.7 Å². The molecule has 0 radical (unpaired) electrons. The van der Waals surface area contributed by atoms with Crippen molar-refractivity contribution in [3.8, 4) is 0 Å². The standard InChI is InChI=1S/C9H10FN3/c10-6-3-7-13-9-5-2-1-4-8(9)11-12-13/h1-2,4-5H,3,6-7H2. The summed E-state index contributed by atoms with van der Waals surface area (Å²) in [6, 6.07) is 7.68. The lowest BCUT2D eigenvalue weighted by Gasteiger charge is -1.97. The van der Waals surface area contributed by atoms with Crippen LogP contribution in [0.1, 0.15) is 6.42 Å². The summed E-state index contributed by atoms with van der Waals surface area (Å²) in [6.45, 7) is 0.283. The SMILES string of the molecule is FCCCn1nnc2ccccc21. The van der Waals surface area contributed by atoms with Gasteiger partial charge in [-0.15, -0.1) is 5.10 Å². The summed E-state index contributed by atoms with van der Waals surface area (Å²) in [4.78, 5) is 0. The van der Waals surface area contributed by atoms with Gasteiger partial charge < -0.3 is 0 Å². The van der Waals surface area contributed by atoms with Gasteiger partial charge in [-0.1, -0.05) is 17.3 Å². The van der Waals surface area contributed by atoms with E-state index < -0.39 is 0 Å². The van der Waals surface area contributed by atoms with E-state index >= 15 is 0 Å². The molecule has 0 aliphatic carbocycles. The number of rotatable bonds is 3. The van der Waals surface area contributed by atoms with Crippen LogP contribution in [0.5, 0.6) is 0 Å². The maximum atomic E-state index is 11.9. The van der Waals surface area contributed by atoms with Crippen LogP contribution < -0.4 is 0 Å². The van der Waals surface area contributed by atoms with E-state index in [0.29, 0.717) is 13.0 Å². The third-order valence-electron chi connectivity index (χ3n) is 1.92. The molecule has 1 heterocycles. The summed E-state index contributed by atoms with van der Waals surface area (Å²) in [5.41, 5.74) is 1.83. The van der Waals surface area contributed by atoms with Crippen LogP contribution in [-0.2, 0) is 6.54 Å². The molecule has 0 aliphatic heterocycles. The fourth-order valence-electron chi connectivity index (χ4n) is 1.29. The quantitative estimate of drug-likeness (QED) is 0.719. The van der Waals surface area contributed by atoms with Crippen LogP contribution in [-0.4, -0.2) is 21.7 Å². The minimum absolute atomic E-state index is 0.311. The second-order valence-corrected chi connectivity index (χ2v) is 2.84. The van der Waals surface area contributed by atoms with E-state index in [1.807, 2.05) is 24.3 Å². The van der Waals surface area contributed by atoms with E-state index in [4.69, 9.17) is 0 Å². The summed E-state index contributed by atoms with van der Waals surface area (Å²) >= 11 is 0. The Labute approximate surface area is 75.2 Å². The van der Waals surface area contributed by atoms with Crippen LogP contribution in [0.25, 0.3) is 11.0 Å². The molecular weight excluding hydrogens is 169 g/mol. The molecule has 13 heavy (non-hydrogen) atoms. The van der Waals surface area contributed by atoms with Gasteiger partial charge in [0.15, 0.2) is 0 Å². The molecule has 0 aliphatic rings. The number of halogens is 1. The molecule has 4 heteroatoms. The van der Waals surface area contributed by atoms with Crippen molar-refractivity contribution in [3.05, 3.63) is 24.3 Å². The number of nitrogens with zero attached hydrogens (tertiary/aromatic N) is 3. The molecule has 1 aromatic heterocycles. The highest BCUT2D eigenvalue weighted by molar-refractivity contribution is 5.73. The third kappa shape index (κ3) is 1.52. The minimum Gasteiger partial charge on any atom is -0.251 e. The maximum absolute atomic E-state index is 11.9. The first kappa shape index (κ1) is 8.16. The molecule has 0 unspecified atom stereocenters. The zero-order chi connectivity index (χ0) is 9.10. The Kier molecular flexibility index (Phi) is 2.21. The van der Waals surface area contributed by atoms with Crippen molar-refractivity contribution in [2.75, 3.05) is 6.67 Å². The lowest BCUT2D eigenvalue weighted by Crippen LogP contribution is -2.00. The predicted molar refractivity (Wildman–Crippen MR) is 48.1 cm³/mol. The van der Waals surface area contributed by atoms with Crippen LogP contribution in [0.15, 0.2) is 24.3 Å². The number of aromatic nitrogens is 3. The second kappa shape index (κ2) is 3.51. The second-order valence-electron chi connectivity index (χ2n) is 2.84. The summed E-state index contributed by atoms with van der Waals surface area (Å²) < 4.78 is 13.7. The average molecular weight is 179 g/mol. The molecule has 0 spiro atoms. The van der Waals surface area contributed by atoms with Gasteiger partial charge in [0.05, 0.1) is 12.2 Å². The molecule has 0 saturated carbocycles. The van der Waals surface area contributed by atoms with Gasteiger partial charge in [0.1, 0.15) is 5.52 Å². The fourth-order valence-corrected chi connectivity index (χ4v) is 1.29. The number of hydrogen-bond donors (Lipinski definition) is 0. The van der Waals surface area contributed by atoms with Crippen molar-refractivity contribution in [1.29, 1.82) is 0 Å². The van der Waals surface area contributed by atoms with Gasteiger partial charge in [-0.05, 0) is 18.6 Å².